The molecule has 2 nitrogen and oxygen atoms in total. The molecule has 96 valence electrons. The van der Waals surface area contributed by atoms with Gasteiger partial charge in [0.2, 0.25) is 0 Å². The highest BCUT2D eigenvalue weighted by atomic mass is 79.9. The third-order valence-electron chi connectivity index (χ3n) is 3.04. The van der Waals surface area contributed by atoms with Crippen LogP contribution in [0.3, 0.4) is 0 Å². The second-order valence-corrected chi connectivity index (χ2v) is 6.17. The lowest BCUT2D eigenvalue weighted by atomic mass is 10.1. The molecule has 0 fully saturated rings. The van der Waals surface area contributed by atoms with Crippen LogP contribution in [-0.2, 0) is 13.1 Å². The van der Waals surface area contributed by atoms with Crippen molar-refractivity contribution in [3.8, 4) is 0 Å². The Balaban J connectivity index is 1.74. The van der Waals surface area contributed by atoms with Crippen molar-refractivity contribution < 1.29 is 0 Å². The fraction of sp³-hybridized carbons (Fsp3) is 0.133. The van der Waals surface area contributed by atoms with Crippen LogP contribution in [0.2, 0.25) is 0 Å². The van der Waals surface area contributed by atoms with Gasteiger partial charge in [-0.1, -0.05) is 24.3 Å². The molecule has 2 heterocycles. The minimum Gasteiger partial charge on any atom is -0.308 e. The summed E-state index contributed by atoms with van der Waals surface area (Å²) in [6.45, 7) is 1.71. The van der Waals surface area contributed by atoms with Crippen LogP contribution in [0.5, 0.6) is 0 Å². The fourth-order valence-corrected chi connectivity index (χ4v) is 3.54. The Morgan fingerprint density at radius 3 is 2.84 bits per heavy atom. The molecule has 0 spiro atoms. The van der Waals surface area contributed by atoms with Crippen LogP contribution in [0.25, 0.3) is 10.8 Å². The van der Waals surface area contributed by atoms with E-state index in [2.05, 4.69) is 55.9 Å². The number of thiophene rings is 1. The standard InChI is InChI=1S/C15H13BrN2S/c16-14-5-6-19-15(14)10-18-9-12-8-17-7-11-3-1-2-4-13(11)12/h1-8,18H,9-10H2. The summed E-state index contributed by atoms with van der Waals surface area (Å²) in [4.78, 5) is 5.63. The van der Waals surface area contributed by atoms with Crippen molar-refractivity contribution in [1.82, 2.24) is 10.3 Å². The van der Waals surface area contributed by atoms with Crippen LogP contribution < -0.4 is 5.32 Å². The van der Waals surface area contributed by atoms with E-state index in [1.165, 1.54) is 25.7 Å². The van der Waals surface area contributed by atoms with Crippen LogP contribution in [-0.4, -0.2) is 4.98 Å². The molecule has 0 unspecified atom stereocenters. The van der Waals surface area contributed by atoms with E-state index in [1.807, 2.05) is 18.5 Å². The van der Waals surface area contributed by atoms with Gasteiger partial charge in [0.05, 0.1) is 0 Å². The Hall–Kier alpha value is -1.23. The second kappa shape index (κ2) is 5.82. The van der Waals surface area contributed by atoms with Gasteiger partial charge in [-0.25, -0.2) is 0 Å². The molecule has 0 atom stereocenters. The highest BCUT2D eigenvalue weighted by molar-refractivity contribution is 9.10. The number of hydrogen-bond acceptors (Lipinski definition) is 3. The Labute approximate surface area is 124 Å². The summed E-state index contributed by atoms with van der Waals surface area (Å²) >= 11 is 5.31. The first-order chi connectivity index (χ1) is 9.34. The number of pyridine rings is 1. The van der Waals surface area contributed by atoms with Gasteiger partial charge in [0, 0.05) is 40.2 Å². The van der Waals surface area contributed by atoms with Crippen LogP contribution in [0.15, 0.2) is 52.6 Å². The predicted molar refractivity (Wildman–Crippen MR) is 84.3 cm³/mol. The number of benzene rings is 1. The topological polar surface area (TPSA) is 24.9 Å². The third kappa shape index (κ3) is 2.86. The van der Waals surface area contributed by atoms with E-state index >= 15 is 0 Å². The maximum absolute atomic E-state index is 4.30. The number of halogens is 1. The Morgan fingerprint density at radius 1 is 1.11 bits per heavy atom. The van der Waals surface area contributed by atoms with Gasteiger partial charge in [-0.2, -0.15) is 0 Å². The Bertz CT molecular complexity index is 688. The first-order valence-electron chi connectivity index (χ1n) is 6.09. The van der Waals surface area contributed by atoms with E-state index in [0.29, 0.717) is 0 Å². The smallest absolute Gasteiger partial charge is 0.0346 e. The highest BCUT2D eigenvalue weighted by Crippen LogP contribution is 2.22. The molecule has 0 saturated carbocycles. The number of fused-ring (bicyclic) bond motifs is 1. The van der Waals surface area contributed by atoms with Crippen molar-refractivity contribution in [2.24, 2.45) is 0 Å². The third-order valence-corrected chi connectivity index (χ3v) is 4.97. The van der Waals surface area contributed by atoms with Gasteiger partial charge in [0.15, 0.2) is 0 Å². The number of rotatable bonds is 4. The van der Waals surface area contributed by atoms with E-state index in [0.717, 1.165) is 13.1 Å². The molecule has 0 amide bonds. The first-order valence-corrected chi connectivity index (χ1v) is 7.76. The zero-order valence-electron chi connectivity index (χ0n) is 10.3. The van der Waals surface area contributed by atoms with Crippen LogP contribution in [0.1, 0.15) is 10.4 Å². The molecule has 3 aromatic rings. The van der Waals surface area contributed by atoms with Crippen molar-refractivity contribution in [2.75, 3.05) is 0 Å². The number of aromatic nitrogens is 1. The Kier molecular flexibility index (Phi) is 3.92. The highest BCUT2D eigenvalue weighted by Gasteiger charge is 2.03. The van der Waals surface area contributed by atoms with E-state index < -0.39 is 0 Å². The van der Waals surface area contributed by atoms with Gasteiger partial charge in [0.25, 0.3) is 0 Å². The van der Waals surface area contributed by atoms with E-state index in [-0.39, 0.29) is 0 Å². The Morgan fingerprint density at radius 2 is 2.00 bits per heavy atom. The van der Waals surface area contributed by atoms with Crippen LogP contribution in [0, 0.1) is 0 Å². The summed E-state index contributed by atoms with van der Waals surface area (Å²) in [7, 11) is 0. The molecule has 0 aliphatic rings. The molecule has 1 N–H and O–H groups in total. The first kappa shape index (κ1) is 12.8. The molecule has 4 heteroatoms. The summed E-state index contributed by atoms with van der Waals surface area (Å²) in [6.07, 6.45) is 3.85. The van der Waals surface area contributed by atoms with Gasteiger partial charge in [-0.3, -0.25) is 4.98 Å². The summed E-state index contributed by atoms with van der Waals surface area (Å²) in [5.74, 6) is 0. The van der Waals surface area contributed by atoms with Gasteiger partial charge < -0.3 is 5.32 Å². The minimum absolute atomic E-state index is 0.832. The lowest BCUT2D eigenvalue weighted by Gasteiger charge is -2.07. The van der Waals surface area contributed by atoms with E-state index in [1.54, 1.807) is 11.3 Å². The lowest BCUT2D eigenvalue weighted by molar-refractivity contribution is 0.701. The zero-order chi connectivity index (χ0) is 13.1. The molecule has 0 bridgehead atoms. The second-order valence-electron chi connectivity index (χ2n) is 4.32. The molecule has 1 aromatic carbocycles. The molecular weight excluding hydrogens is 320 g/mol. The monoisotopic (exact) mass is 332 g/mol. The average Bonchev–Trinajstić information content (AvgIpc) is 2.85. The summed E-state index contributed by atoms with van der Waals surface area (Å²) in [6, 6.07) is 10.4. The summed E-state index contributed by atoms with van der Waals surface area (Å²) in [5, 5.41) is 8.04. The number of nitrogens with one attached hydrogen (secondary N) is 1. The normalized spacial score (nSPS) is 11.0. The zero-order valence-corrected chi connectivity index (χ0v) is 12.7. The fourth-order valence-electron chi connectivity index (χ4n) is 2.08. The lowest BCUT2D eigenvalue weighted by Crippen LogP contribution is -2.12. The molecule has 3 rings (SSSR count). The van der Waals surface area contributed by atoms with E-state index in [9.17, 15) is 0 Å². The van der Waals surface area contributed by atoms with Crippen LogP contribution >= 0.6 is 27.3 Å². The summed E-state index contributed by atoms with van der Waals surface area (Å²) < 4.78 is 1.18. The van der Waals surface area contributed by atoms with Crippen molar-refractivity contribution in [3.63, 3.8) is 0 Å². The molecule has 0 saturated heterocycles. The van der Waals surface area contributed by atoms with Gasteiger partial charge >= 0.3 is 0 Å². The molecule has 0 radical (unpaired) electrons. The van der Waals surface area contributed by atoms with Gasteiger partial charge in [0.1, 0.15) is 0 Å². The van der Waals surface area contributed by atoms with Crippen LogP contribution in [0.4, 0.5) is 0 Å². The van der Waals surface area contributed by atoms with Gasteiger partial charge in [-0.05, 0) is 38.3 Å². The van der Waals surface area contributed by atoms with Gasteiger partial charge in [-0.15, -0.1) is 11.3 Å². The molecule has 0 aliphatic heterocycles. The van der Waals surface area contributed by atoms with Crippen molar-refractivity contribution in [2.45, 2.75) is 13.1 Å². The molecular formula is C15H13BrN2S. The average molecular weight is 333 g/mol. The quantitative estimate of drug-likeness (QED) is 0.768. The molecule has 2 aromatic heterocycles. The number of hydrogen-bond donors (Lipinski definition) is 1. The largest absolute Gasteiger partial charge is 0.308 e. The van der Waals surface area contributed by atoms with Crippen molar-refractivity contribution in [3.05, 3.63) is 63.0 Å². The van der Waals surface area contributed by atoms with Crippen molar-refractivity contribution >= 4 is 38.0 Å². The minimum atomic E-state index is 0.832. The molecule has 19 heavy (non-hydrogen) atoms. The summed E-state index contributed by atoms with van der Waals surface area (Å²) in [5.41, 5.74) is 1.24. The predicted octanol–water partition coefficient (Wildman–Crippen LogP) is 4.35. The maximum atomic E-state index is 4.30. The van der Waals surface area contributed by atoms with Crippen molar-refractivity contribution in [1.29, 1.82) is 0 Å². The van der Waals surface area contributed by atoms with E-state index in [4.69, 9.17) is 0 Å². The maximum Gasteiger partial charge on any atom is 0.0346 e. The number of nitrogens with zero attached hydrogens (tertiary/aromatic N) is 1. The SMILES string of the molecule is Brc1ccsc1CNCc1cncc2ccccc12. The molecule has 0 aliphatic carbocycles.